The number of amides is 1. The third-order valence-electron chi connectivity index (χ3n) is 4.53. The lowest BCUT2D eigenvalue weighted by molar-refractivity contribution is -0.118. The van der Waals surface area contributed by atoms with Crippen molar-refractivity contribution < 1.29 is 32.2 Å². The van der Waals surface area contributed by atoms with E-state index in [1.165, 1.54) is 45.6 Å². The van der Waals surface area contributed by atoms with Gasteiger partial charge in [-0.05, 0) is 60.7 Å². The zero-order chi connectivity index (χ0) is 23.8. The molecule has 33 heavy (non-hydrogen) atoms. The molecular weight excluding hydrogens is 448 g/mol. The molecular formula is C23H24N2O7S. The number of carbonyl (C=O) groups excluding carboxylic acids is 1. The van der Waals surface area contributed by atoms with E-state index in [2.05, 4.69) is 10.0 Å². The van der Waals surface area contributed by atoms with Crippen LogP contribution in [0.2, 0.25) is 0 Å². The Kier molecular flexibility index (Phi) is 7.62. The third-order valence-corrected chi connectivity index (χ3v) is 5.93. The van der Waals surface area contributed by atoms with Crippen LogP contribution in [-0.4, -0.2) is 42.3 Å². The Bertz CT molecular complexity index is 1190. The van der Waals surface area contributed by atoms with E-state index in [1.807, 2.05) is 0 Å². The minimum Gasteiger partial charge on any atom is -0.497 e. The number of methoxy groups -OCH3 is 3. The Morgan fingerprint density at radius 1 is 0.788 bits per heavy atom. The smallest absolute Gasteiger partial charge is 0.262 e. The van der Waals surface area contributed by atoms with Gasteiger partial charge >= 0.3 is 0 Å². The number of rotatable bonds is 10. The zero-order valence-corrected chi connectivity index (χ0v) is 19.1. The molecule has 1 amide bonds. The van der Waals surface area contributed by atoms with Crippen molar-refractivity contribution in [1.82, 2.24) is 0 Å². The van der Waals surface area contributed by atoms with Crippen molar-refractivity contribution in [3.8, 4) is 23.0 Å². The van der Waals surface area contributed by atoms with E-state index in [-0.39, 0.29) is 11.5 Å². The number of carbonyl (C=O) groups is 1. The van der Waals surface area contributed by atoms with Crippen molar-refractivity contribution in [2.24, 2.45) is 0 Å². The summed E-state index contributed by atoms with van der Waals surface area (Å²) in [4.78, 5) is 12.3. The van der Waals surface area contributed by atoms with Gasteiger partial charge in [0, 0.05) is 11.8 Å². The molecule has 0 saturated carbocycles. The Labute approximate surface area is 192 Å². The van der Waals surface area contributed by atoms with Crippen molar-refractivity contribution >= 4 is 27.3 Å². The highest BCUT2D eigenvalue weighted by molar-refractivity contribution is 7.92. The first-order valence-corrected chi connectivity index (χ1v) is 11.2. The van der Waals surface area contributed by atoms with E-state index in [4.69, 9.17) is 18.9 Å². The maximum Gasteiger partial charge on any atom is 0.262 e. The second-order valence-electron chi connectivity index (χ2n) is 6.71. The second kappa shape index (κ2) is 10.6. The molecule has 0 saturated heterocycles. The fourth-order valence-corrected chi connectivity index (χ4v) is 3.88. The molecule has 0 radical (unpaired) electrons. The molecule has 174 valence electrons. The summed E-state index contributed by atoms with van der Waals surface area (Å²) < 4.78 is 48.5. The number of hydrogen-bond donors (Lipinski definition) is 2. The van der Waals surface area contributed by atoms with Crippen LogP contribution in [0.1, 0.15) is 0 Å². The van der Waals surface area contributed by atoms with Crippen molar-refractivity contribution in [2.45, 2.75) is 4.90 Å². The van der Waals surface area contributed by atoms with Gasteiger partial charge in [0.1, 0.15) is 23.0 Å². The molecule has 10 heteroatoms. The average molecular weight is 473 g/mol. The molecule has 0 unspecified atom stereocenters. The third kappa shape index (κ3) is 6.30. The zero-order valence-electron chi connectivity index (χ0n) is 18.3. The molecule has 0 aliphatic rings. The predicted molar refractivity (Wildman–Crippen MR) is 124 cm³/mol. The highest BCUT2D eigenvalue weighted by atomic mass is 32.2. The second-order valence-corrected chi connectivity index (χ2v) is 8.39. The summed E-state index contributed by atoms with van der Waals surface area (Å²) in [5, 5.41) is 2.69. The number of hydrogen-bond acceptors (Lipinski definition) is 7. The molecule has 3 rings (SSSR count). The van der Waals surface area contributed by atoms with Crippen LogP contribution in [0, 0.1) is 0 Å². The number of benzene rings is 3. The summed E-state index contributed by atoms with van der Waals surface area (Å²) >= 11 is 0. The molecule has 3 aromatic carbocycles. The van der Waals surface area contributed by atoms with Crippen LogP contribution in [0.3, 0.4) is 0 Å². The quantitative estimate of drug-likeness (QED) is 0.464. The SMILES string of the molecule is COc1ccc(NS(=O)(=O)c2ccc(OCC(=O)Nc3ccc(OC)cc3OC)cc2)cc1. The Morgan fingerprint density at radius 2 is 1.39 bits per heavy atom. The van der Waals surface area contributed by atoms with Crippen LogP contribution in [-0.2, 0) is 14.8 Å². The first kappa shape index (κ1) is 23.7. The van der Waals surface area contributed by atoms with E-state index in [9.17, 15) is 13.2 Å². The molecule has 0 aliphatic heterocycles. The Balaban J connectivity index is 1.58. The molecule has 0 atom stereocenters. The Morgan fingerprint density at radius 3 is 2.00 bits per heavy atom. The molecule has 0 heterocycles. The van der Waals surface area contributed by atoms with Gasteiger partial charge in [0.2, 0.25) is 0 Å². The number of ether oxygens (including phenoxy) is 4. The van der Waals surface area contributed by atoms with Gasteiger partial charge in [0.05, 0.1) is 31.9 Å². The van der Waals surface area contributed by atoms with Gasteiger partial charge in [0.15, 0.2) is 6.61 Å². The molecule has 0 spiro atoms. The van der Waals surface area contributed by atoms with Crippen molar-refractivity contribution in [1.29, 1.82) is 0 Å². The van der Waals surface area contributed by atoms with Crippen molar-refractivity contribution in [2.75, 3.05) is 38.0 Å². The van der Waals surface area contributed by atoms with Gasteiger partial charge < -0.3 is 24.3 Å². The van der Waals surface area contributed by atoms with Gasteiger partial charge in [-0.15, -0.1) is 0 Å². The summed E-state index contributed by atoms with van der Waals surface area (Å²) in [5.41, 5.74) is 0.875. The first-order chi connectivity index (χ1) is 15.8. The Hall–Kier alpha value is -3.92. The van der Waals surface area contributed by atoms with Gasteiger partial charge in [-0.3, -0.25) is 9.52 Å². The van der Waals surface area contributed by atoms with E-state index >= 15 is 0 Å². The molecule has 0 aromatic heterocycles. The normalized spacial score (nSPS) is 10.8. The summed E-state index contributed by atoms with van der Waals surface area (Å²) in [5.74, 6) is 1.60. The van der Waals surface area contributed by atoms with Crippen LogP contribution < -0.4 is 29.0 Å². The van der Waals surface area contributed by atoms with Gasteiger partial charge in [0.25, 0.3) is 15.9 Å². The number of sulfonamides is 1. The summed E-state index contributed by atoms with van der Waals surface area (Å²) in [6.45, 7) is -0.272. The predicted octanol–water partition coefficient (Wildman–Crippen LogP) is 3.53. The van der Waals surface area contributed by atoms with Crippen molar-refractivity contribution in [3.63, 3.8) is 0 Å². The summed E-state index contributed by atoms with van der Waals surface area (Å²) in [7, 11) is 0.766. The fraction of sp³-hybridized carbons (Fsp3) is 0.174. The van der Waals surface area contributed by atoms with E-state index in [1.54, 1.807) is 42.5 Å². The lowest BCUT2D eigenvalue weighted by Gasteiger charge is -2.12. The summed E-state index contributed by atoms with van der Waals surface area (Å²) in [6, 6.07) is 17.3. The summed E-state index contributed by atoms with van der Waals surface area (Å²) in [6.07, 6.45) is 0. The minimum absolute atomic E-state index is 0.0538. The lowest BCUT2D eigenvalue weighted by Crippen LogP contribution is -2.20. The molecule has 9 nitrogen and oxygen atoms in total. The minimum atomic E-state index is -3.78. The lowest BCUT2D eigenvalue weighted by atomic mass is 10.2. The fourth-order valence-electron chi connectivity index (χ4n) is 2.83. The monoisotopic (exact) mass is 472 g/mol. The first-order valence-electron chi connectivity index (χ1n) is 9.76. The highest BCUT2D eigenvalue weighted by Crippen LogP contribution is 2.29. The topological polar surface area (TPSA) is 112 Å². The maximum atomic E-state index is 12.6. The molecule has 3 aromatic rings. The molecule has 2 N–H and O–H groups in total. The maximum absolute atomic E-state index is 12.6. The molecule has 0 bridgehead atoms. The van der Waals surface area contributed by atoms with E-state index < -0.39 is 15.9 Å². The molecule has 0 fully saturated rings. The average Bonchev–Trinajstić information content (AvgIpc) is 2.83. The van der Waals surface area contributed by atoms with Crippen LogP contribution >= 0.6 is 0 Å². The largest absolute Gasteiger partial charge is 0.497 e. The molecule has 0 aliphatic carbocycles. The van der Waals surface area contributed by atoms with Gasteiger partial charge in [-0.2, -0.15) is 0 Å². The standard InChI is InChI=1S/C23H24N2O7S/c1-29-17-6-4-16(5-7-17)25-33(27,28)20-11-8-18(9-12-20)32-15-23(26)24-21-13-10-19(30-2)14-22(21)31-3/h4-14,25H,15H2,1-3H3,(H,24,26). The van der Waals surface area contributed by atoms with Crippen LogP contribution in [0.15, 0.2) is 71.6 Å². The van der Waals surface area contributed by atoms with Gasteiger partial charge in [-0.1, -0.05) is 0 Å². The van der Waals surface area contributed by atoms with Crippen molar-refractivity contribution in [3.05, 3.63) is 66.7 Å². The van der Waals surface area contributed by atoms with Gasteiger partial charge in [-0.25, -0.2) is 8.42 Å². The van der Waals surface area contributed by atoms with Crippen LogP contribution in [0.4, 0.5) is 11.4 Å². The van der Waals surface area contributed by atoms with E-state index in [0.29, 0.717) is 34.4 Å². The van der Waals surface area contributed by atoms with Crippen LogP contribution in [0.5, 0.6) is 23.0 Å². The van der Waals surface area contributed by atoms with Crippen LogP contribution in [0.25, 0.3) is 0 Å². The van der Waals surface area contributed by atoms with E-state index in [0.717, 1.165) is 0 Å². The highest BCUT2D eigenvalue weighted by Gasteiger charge is 2.15. The number of nitrogens with one attached hydrogen (secondary N) is 2. The number of anilines is 2.